The highest BCUT2D eigenvalue weighted by molar-refractivity contribution is 6.06. The maximum atomic E-state index is 13.3. The van der Waals surface area contributed by atoms with Gasteiger partial charge >= 0.3 is 0 Å². The van der Waals surface area contributed by atoms with E-state index in [2.05, 4.69) is 28.7 Å². The molecule has 0 bridgehead atoms. The fourth-order valence-electron chi connectivity index (χ4n) is 3.40. The molecule has 0 aliphatic carbocycles. The molecule has 0 radical (unpaired) electrons. The van der Waals surface area contributed by atoms with Crippen LogP contribution in [0.2, 0.25) is 0 Å². The lowest BCUT2D eigenvalue weighted by Gasteiger charge is -2.35. The van der Waals surface area contributed by atoms with Gasteiger partial charge in [0.05, 0.1) is 11.1 Å². The molecule has 0 atom stereocenters. The van der Waals surface area contributed by atoms with E-state index in [1.807, 2.05) is 41.3 Å². The van der Waals surface area contributed by atoms with Crippen molar-refractivity contribution >= 4 is 22.8 Å². The smallest absolute Gasteiger partial charge is 0.254 e. The van der Waals surface area contributed by atoms with E-state index < -0.39 is 0 Å². The first-order valence-electron chi connectivity index (χ1n) is 9.34. The van der Waals surface area contributed by atoms with E-state index in [1.54, 1.807) is 12.4 Å². The van der Waals surface area contributed by atoms with Gasteiger partial charge in [-0.1, -0.05) is 32.0 Å². The van der Waals surface area contributed by atoms with Gasteiger partial charge in [-0.15, -0.1) is 0 Å². The highest BCUT2D eigenvalue weighted by atomic mass is 16.2. The molecular weight excluding hydrogens is 338 g/mol. The first-order chi connectivity index (χ1) is 13.1. The molecule has 1 saturated heterocycles. The molecule has 1 fully saturated rings. The van der Waals surface area contributed by atoms with E-state index in [-0.39, 0.29) is 11.8 Å². The van der Waals surface area contributed by atoms with Crippen molar-refractivity contribution < 1.29 is 4.79 Å². The summed E-state index contributed by atoms with van der Waals surface area (Å²) in [6.45, 7) is 6.98. The number of anilines is 1. The number of piperazine rings is 1. The number of aromatic nitrogens is 3. The topological polar surface area (TPSA) is 62.2 Å². The lowest BCUT2D eigenvalue weighted by molar-refractivity contribution is 0.0748. The van der Waals surface area contributed by atoms with Crippen molar-refractivity contribution in [1.82, 2.24) is 19.9 Å². The maximum absolute atomic E-state index is 13.3. The number of amides is 1. The Morgan fingerprint density at radius 3 is 2.41 bits per heavy atom. The van der Waals surface area contributed by atoms with E-state index in [0.717, 1.165) is 41.2 Å². The average Bonchev–Trinajstić information content (AvgIpc) is 2.73. The third kappa shape index (κ3) is 3.47. The Kier molecular flexibility index (Phi) is 4.71. The number of benzene rings is 1. The molecule has 6 nitrogen and oxygen atoms in total. The van der Waals surface area contributed by atoms with Crippen molar-refractivity contribution in [3.8, 4) is 0 Å². The molecule has 1 aromatic carbocycles. The third-order valence-electron chi connectivity index (χ3n) is 4.96. The maximum Gasteiger partial charge on any atom is 0.254 e. The van der Waals surface area contributed by atoms with Gasteiger partial charge in [-0.25, -0.2) is 9.97 Å². The Hall–Kier alpha value is -3.02. The van der Waals surface area contributed by atoms with Crippen molar-refractivity contribution in [3.63, 3.8) is 0 Å². The molecule has 6 heteroatoms. The zero-order valence-corrected chi connectivity index (χ0v) is 15.7. The minimum atomic E-state index is 0.0733. The number of hydrogen-bond acceptors (Lipinski definition) is 5. The highest BCUT2D eigenvalue weighted by Crippen LogP contribution is 2.24. The molecule has 1 aliphatic rings. The van der Waals surface area contributed by atoms with Crippen LogP contribution in [0.1, 0.15) is 35.8 Å². The molecule has 1 amide bonds. The molecule has 0 unspecified atom stereocenters. The fourth-order valence-corrected chi connectivity index (χ4v) is 3.40. The van der Waals surface area contributed by atoms with E-state index in [1.165, 1.54) is 0 Å². The minimum Gasteiger partial charge on any atom is -0.337 e. The monoisotopic (exact) mass is 361 g/mol. The van der Waals surface area contributed by atoms with Crippen LogP contribution in [-0.4, -0.2) is 51.9 Å². The van der Waals surface area contributed by atoms with Gasteiger partial charge in [0.15, 0.2) is 0 Å². The van der Waals surface area contributed by atoms with Crippen LogP contribution in [0.25, 0.3) is 10.9 Å². The lowest BCUT2D eigenvalue weighted by Crippen LogP contribution is -2.49. The van der Waals surface area contributed by atoms with Crippen LogP contribution in [0, 0.1) is 0 Å². The third-order valence-corrected chi connectivity index (χ3v) is 4.96. The highest BCUT2D eigenvalue weighted by Gasteiger charge is 2.25. The molecule has 4 rings (SSSR count). The quantitative estimate of drug-likeness (QED) is 0.717. The molecule has 3 aromatic rings. The molecule has 138 valence electrons. The van der Waals surface area contributed by atoms with Crippen molar-refractivity contribution in [1.29, 1.82) is 0 Å². The summed E-state index contributed by atoms with van der Waals surface area (Å²) in [4.78, 5) is 30.7. The number of rotatable bonds is 3. The first kappa shape index (κ1) is 17.4. The van der Waals surface area contributed by atoms with Crippen LogP contribution in [0.3, 0.4) is 0 Å². The van der Waals surface area contributed by atoms with Gasteiger partial charge in [0.1, 0.15) is 0 Å². The first-order valence-corrected chi connectivity index (χ1v) is 9.34. The molecule has 3 heterocycles. The Bertz CT molecular complexity index is 949. The second-order valence-electron chi connectivity index (χ2n) is 7.09. The Morgan fingerprint density at radius 2 is 1.70 bits per heavy atom. The van der Waals surface area contributed by atoms with E-state index in [9.17, 15) is 4.79 Å². The summed E-state index contributed by atoms with van der Waals surface area (Å²) in [5, 5.41) is 0.917. The summed E-state index contributed by atoms with van der Waals surface area (Å²) >= 11 is 0. The summed E-state index contributed by atoms with van der Waals surface area (Å²) in [5.41, 5.74) is 2.57. The second kappa shape index (κ2) is 7.31. The predicted octanol–water partition coefficient (Wildman–Crippen LogP) is 3.11. The summed E-state index contributed by atoms with van der Waals surface area (Å²) in [6.07, 6.45) is 3.49. The summed E-state index contributed by atoms with van der Waals surface area (Å²) in [5.74, 6) is 1.07. The van der Waals surface area contributed by atoms with Crippen LogP contribution in [0.5, 0.6) is 0 Å². The predicted molar refractivity (Wildman–Crippen MR) is 106 cm³/mol. The van der Waals surface area contributed by atoms with Crippen LogP contribution >= 0.6 is 0 Å². The zero-order chi connectivity index (χ0) is 18.8. The van der Waals surface area contributed by atoms with Crippen molar-refractivity contribution in [2.24, 2.45) is 0 Å². The summed E-state index contributed by atoms with van der Waals surface area (Å²) < 4.78 is 0. The van der Waals surface area contributed by atoms with Crippen LogP contribution < -0.4 is 4.90 Å². The Balaban J connectivity index is 1.58. The minimum absolute atomic E-state index is 0.0733. The lowest BCUT2D eigenvalue weighted by atomic mass is 10.0. The van der Waals surface area contributed by atoms with Crippen molar-refractivity contribution in [2.45, 2.75) is 19.8 Å². The van der Waals surface area contributed by atoms with Crippen LogP contribution in [0.4, 0.5) is 5.95 Å². The van der Waals surface area contributed by atoms with Crippen LogP contribution in [-0.2, 0) is 0 Å². The van der Waals surface area contributed by atoms with Gasteiger partial charge in [-0.2, -0.15) is 0 Å². The number of fused-ring (bicyclic) bond motifs is 1. The number of nitrogens with zero attached hydrogens (tertiary/aromatic N) is 5. The van der Waals surface area contributed by atoms with Crippen molar-refractivity contribution in [3.05, 3.63) is 60.0 Å². The van der Waals surface area contributed by atoms with E-state index in [0.29, 0.717) is 13.1 Å². The molecular formula is C21H23N5O. The van der Waals surface area contributed by atoms with Gasteiger partial charge in [-0.05, 0) is 24.1 Å². The Labute approximate surface area is 158 Å². The largest absolute Gasteiger partial charge is 0.337 e. The van der Waals surface area contributed by atoms with Crippen molar-refractivity contribution in [2.75, 3.05) is 31.1 Å². The average molecular weight is 361 g/mol. The molecule has 0 spiro atoms. The number of para-hydroxylation sites is 1. The molecule has 27 heavy (non-hydrogen) atoms. The molecule has 2 aromatic heterocycles. The molecule has 1 aliphatic heterocycles. The SMILES string of the molecule is CC(C)c1cc(C(=O)N2CCN(c3ncccn3)CC2)c2ccccc2n1. The number of pyridine rings is 1. The zero-order valence-electron chi connectivity index (χ0n) is 15.7. The second-order valence-corrected chi connectivity index (χ2v) is 7.09. The van der Waals surface area contributed by atoms with E-state index in [4.69, 9.17) is 4.98 Å². The molecule has 0 saturated carbocycles. The summed E-state index contributed by atoms with van der Waals surface area (Å²) in [6, 6.07) is 11.6. The van der Waals surface area contributed by atoms with Gasteiger partial charge in [-0.3, -0.25) is 9.78 Å². The summed E-state index contributed by atoms with van der Waals surface area (Å²) in [7, 11) is 0. The van der Waals surface area contributed by atoms with Crippen LogP contribution in [0.15, 0.2) is 48.8 Å². The molecule has 0 N–H and O–H groups in total. The number of hydrogen-bond donors (Lipinski definition) is 0. The Morgan fingerprint density at radius 1 is 1.00 bits per heavy atom. The number of carbonyl (C=O) groups excluding carboxylic acids is 1. The van der Waals surface area contributed by atoms with E-state index >= 15 is 0 Å². The number of carbonyl (C=O) groups is 1. The van der Waals surface area contributed by atoms with Gasteiger partial charge in [0.25, 0.3) is 5.91 Å². The van der Waals surface area contributed by atoms with Gasteiger partial charge < -0.3 is 9.80 Å². The fraction of sp³-hybridized carbons (Fsp3) is 0.333. The standard InChI is InChI=1S/C21H23N5O/c1-15(2)19-14-17(16-6-3-4-7-18(16)24-19)20(27)25-10-12-26(13-11-25)21-22-8-5-9-23-21/h3-9,14-15H,10-13H2,1-2H3. The van der Waals surface area contributed by atoms with Gasteiger partial charge in [0.2, 0.25) is 5.95 Å². The normalized spacial score (nSPS) is 14.8. The van der Waals surface area contributed by atoms with Gasteiger partial charge in [0, 0.05) is 49.7 Å².